The molecule has 22 heavy (non-hydrogen) atoms. The first-order chi connectivity index (χ1) is 10.4. The molecule has 0 aliphatic heterocycles. The predicted molar refractivity (Wildman–Crippen MR) is 87.2 cm³/mol. The average molecular weight is 340 g/mol. The van der Waals surface area contributed by atoms with E-state index in [0.717, 1.165) is 16.9 Å². The molecule has 0 unspecified atom stereocenters. The highest BCUT2D eigenvalue weighted by Crippen LogP contribution is 2.24. The molecule has 0 aliphatic carbocycles. The summed E-state index contributed by atoms with van der Waals surface area (Å²) < 4.78 is 27.1. The van der Waals surface area contributed by atoms with Gasteiger partial charge in [0, 0.05) is 13.1 Å². The van der Waals surface area contributed by atoms with Crippen LogP contribution in [0.15, 0.2) is 40.7 Å². The summed E-state index contributed by atoms with van der Waals surface area (Å²) in [7, 11) is -3.65. The summed E-state index contributed by atoms with van der Waals surface area (Å²) in [5.41, 5.74) is 0.885. The smallest absolute Gasteiger partial charge is 0.254 e. The van der Waals surface area contributed by atoms with E-state index in [9.17, 15) is 13.5 Å². The summed E-state index contributed by atoms with van der Waals surface area (Å²) in [5.74, 6) is 0. The molecule has 0 fully saturated rings. The maximum Gasteiger partial charge on any atom is 0.254 e. The molecule has 0 saturated carbocycles. The van der Waals surface area contributed by atoms with Crippen molar-refractivity contribution in [1.29, 1.82) is 0 Å². The fraction of sp³-hybridized carbons (Fsp3) is 0.400. The van der Waals surface area contributed by atoms with E-state index in [1.165, 1.54) is 10.5 Å². The lowest BCUT2D eigenvalue weighted by Gasteiger charge is -2.23. The predicted octanol–water partition coefficient (Wildman–Crippen LogP) is 2.41. The lowest BCUT2D eigenvalue weighted by molar-refractivity contribution is 0.140. The zero-order chi connectivity index (χ0) is 16.2. The summed E-state index contributed by atoms with van der Waals surface area (Å²) in [5, 5.41) is 10.6. The van der Waals surface area contributed by atoms with Crippen LogP contribution in [-0.4, -0.2) is 35.5 Å². The molecule has 2 aromatic rings. The van der Waals surface area contributed by atoms with Crippen molar-refractivity contribution in [1.82, 2.24) is 9.29 Å². The Bertz CT molecular complexity index is 699. The fourth-order valence-corrected chi connectivity index (χ4v) is 4.72. The number of hydrogen-bond donors (Lipinski definition) is 1. The molecule has 0 bridgehead atoms. The standard InChI is InChI=1S/C15H20N2O3S2/c1-3-14(18)11-17(10-13-7-5-4-6-8-13)22(19,20)15-9-16-12(2)21-15/h4-9,14,18H,3,10-11H2,1-2H3/t14-/m1/s1. The SMILES string of the molecule is CC[C@@H](O)CN(Cc1ccccc1)S(=O)(=O)c1cnc(C)s1. The van der Waals surface area contributed by atoms with E-state index >= 15 is 0 Å². The highest BCUT2D eigenvalue weighted by atomic mass is 32.2. The number of thiazole rings is 1. The molecule has 0 amide bonds. The molecular weight excluding hydrogens is 320 g/mol. The second kappa shape index (κ2) is 7.32. The summed E-state index contributed by atoms with van der Waals surface area (Å²) in [4.78, 5) is 4.02. The molecule has 1 aromatic heterocycles. The number of nitrogens with zero attached hydrogens (tertiary/aromatic N) is 2. The quantitative estimate of drug-likeness (QED) is 0.840. The molecule has 0 saturated heterocycles. The van der Waals surface area contributed by atoms with Crippen LogP contribution in [0.4, 0.5) is 0 Å². The summed E-state index contributed by atoms with van der Waals surface area (Å²) >= 11 is 1.15. The first kappa shape index (κ1) is 17.1. The third kappa shape index (κ3) is 4.13. The van der Waals surface area contributed by atoms with Gasteiger partial charge in [0.25, 0.3) is 10.0 Å². The molecule has 1 aromatic carbocycles. The molecule has 1 heterocycles. The van der Waals surface area contributed by atoms with Gasteiger partial charge in [-0.2, -0.15) is 4.31 Å². The van der Waals surface area contributed by atoms with Crippen LogP contribution in [0.25, 0.3) is 0 Å². The Morgan fingerprint density at radius 1 is 1.32 bits per heavy atom. The Balaban J connectivity index is 2.31. The van der Waals surface area contributed by atoms with Crippen LogP contribution in [-0.2, 0) is 16.6 Å². The van der Waals surface area contributed by atoms with Gasteiger partial charge in [-0.25, -0.2) is 13.4 Å². The van der Waals surface area contributed by atoms with Crippen LogP contribution >= 0.6 is 11.3 Å². The van der Waals surface area contributed by atoms with Crippen molar-refractivity contribution in [3.8, 4) is 0 Å². The average Bonchev–Trinajstić information content (AvgIpc) is 2.95. The number of sulfonamides is 1. The van der Waals surface area contributed by atoms with Gasteiger partial charge in [0.15, 0.2) is 4.21 Å². The van der Waals surface area contributed by atoms with E-state index in [1.807, 2.05) is 37.3 Å². The van der Waals surface area contributed by atoms with Gasteiger partial charge in [0.2, 0.25) is 0 Å². The minimum absolute atomic E-state index is 0.0741. The molecule has 120 valence electrons. The minimum atomic E-state index is -3.65. The third-order valence-corrected chi connectivity index (χ3v) is 6.44. The number of hydrogen-bond acceptors (Lipinski definition) is 5. The molecule has 7 heteroatoms. The normalized spacial score (nSPS) is 13.5. The highest BCUT2D eigenvalue weighted by Gasteiger charge is 2.28. The summed E-state index contributed by atoms with van der Waals surface area (Å²) in [6.07, 6.45) is 1.20. The Labute approximate surface area is 135 Å². The maximum atomic E-state index is 12.8. The van der Waals surface area contributed by atoms with Gasteiger partial charge in [0.1, 0.15) is 0 Å². The van der Waals surface area contributed by atoms with Gasteiger partial charge < -0.3 is 5.11 Å². The van der Waals surface area contributed by atoms with E-state index in [-0.39, 0.29) is 17.3 Å². The van der Waals surface area contributed by atoms with E-state index in [1.54, 1.807) is 6.92 Å². The van der Waals surface area contributed by atoms with E-state index in [4.69, 9.17) is 0 Å². The van der Waals surface area contributed by atoms with E-state index in [2.05, 4.69) is 4.98 Å². The second-order valence-corrected chi connectivity index (χ2v) is 8.44. The van der Waals surface area contributed by atoms with Crippen molar-refractivity contribution in [3.05, 3.63) is 47.1 Å². The van der Waals surface area contributed by atoms with Gasteiger partial charge in [-0.1, -0.05) is 37.3 Å². The summed E-state index contributed by atoms with van der Waals surface area (Å²) in [6.45, 7) is 3.91. The first-order valence-corrected chi connectivity index (χ1v) is 9.33. The van der Waals surface area contributed by atoms with Crippen LogP contribution < -0.4 is 0 Å². The third-order valence-electron chi connectivity index (χ3n) is 3.28. The molecule has 5 nitrogen and oxygen atoms in total. The Morgan fingerprint density at radius 3 is 2.55 bits per heavy atom. The van der Waals surface area contributed by atoms with Crippen molar-refractivity contribution >= 4 is 21.4 Å². The van der Waals surface area contributed by atoms with Gasteiger partial charge in [-0.05, 0) is 18.9 Å². The van der Waals surface area contributed by atoms with E-state index in [0.29, 0.717) is 11.4 Å². The van der Waals surface area contributed by atoms with Gasteiger partial charge in [-0.15, -0.1) is 11.3 Å². The lowest BCUT2D eigenvalue weighted by Crippen LogP contribution is -2.36. The van der Waals surface area contributed by atoms with Crippen molar-refractivity contribution in [3.63, 3.8) is 0 Å². The molecule has 1 N–H and O–H groups in total. The Hall–Kier alpha value is -1.28. The first-order valence-electron chi connectivity index (χ1n) is 7.08. The van der Waals surface area contributed by atoms with Crippen LogP contribution in [0.3, 0.4) is 0 Å². The second-order valence-electron chi connectivity index (χ2n) is 5.04. The van der Waals surface area contributed by atoms with Crippen molar-refractivity contribution in [2.75, 3.05) is 6.54 Å². The zero-order valence-electron chi connectivity index (χ0n) is 12.6. The fourth-order valence-electron chi connectivity index (χ4n) is 1.99. The number of aryl methyl sites for hydroxylation is 1. The molecule has 0 radical (unpaired) electrons. The minimum Gasteiger partial charge on any atom is -0.392 e. The topological polar surface area (TPSA) is 70.5 Å². The number of aliphatic hydroxyl groups is 1. The molecular formula is C15H20N2O3S2. The number of benzene rings is 1. The number of aliphatic hydroxyl groups excluding tert-OH is 1. The van der Waals surface area contributed by atoms with Crippen LogP contribution in [0, 0.1) is 6.92 Å². The maximum absolute atomic E-state index is 12.8. The van der Waals surface area contributed by atoms with Gasteiger partial charge in [0.05, 0.1) is 17.3 Å². The molecule has 2 rings (SSSR count). The monoisotopic (exact) mass is 340 g/mol. The Morgan fingerprint density at radius 2 is 2.00 bits per heavy atom. The van der Waals surface area contributed by atoms with Crippen molar-refractivity contribution in [2.24, 2.45) is 0 Å². The molecule has 0 spiro atoms. The zero-order valence-corrected chi connectivity index (χ0v) is 14.3. The number of rotatable bonds is 7. The van der Waals surface area contributed by atoms with Crippen molar-refractivity contribution < 1.29 is 13.5 Å². The highest BCUT2D eigenvalue weighted by molar-refractivity contribution is 7.91. The molecule has 1 atom stereocenters. The van der Waals surface area contributed by atoms with Crippen LogP contribution in [0.5, 0.6) is 0 Å². The van der Waals surface area contributed by atoms with Crippen molar-refractivity contribution in [2.45, 2.75) is 37.1 Å². The number of aromatic nitrogens is 1. The Kier molecular flexibility index (Phi) is 5.69. The lowest BCUT2D eigenvalue weighted by atomic mass is 10.2. The van der Waals surface area contributed by atoms with Gasteiger partial charge >= 0.3 is 0 Å². The van der Waals surface area contributed by atoms with Crippen LogP contribution in [0.1, 0.15) is 23.9 Å². The van der Waals surface area contributed by atoms with E-state index < -0.39 is 16.1 Å². The summed E-state index contributed by atoms with van der Waals surface area (Å²) in [6, 6.07) is 9.37. The largest absolute Gasteiger partial charge is 0.392 e. The van der Waals surface area contributed by atoms with Crippen LogP contribution in [0.2, 0.25) is 0 Å². The molecule has 0 aliphatic rings. The van der Waals surface area contributed by atoms with Gasteiger partial charge in [-0.3, -0.25) is 0 Å².